The minimum atomic E-state index is -0.268. The highest BCUT2D eigenvalue weighted by Crippen LogP contribution is 2.43. The third-order valence-corrected chi connectivity index (χ3v) is 5.47. The summed E-state index contributed by atoms with van der Waals surface area (Å²) in [7, 11) is 4.58. The van der Waals surface area contributed by atoms with Crippen molar-refractivity contribution in [2.75, 3.05) is 39.7 Å². The molecule has 1 aliphatic carbocycles. The molecule has 2 fully saturated rings. The summed E-state index contributed by atoms with van der Waals surface area (Å²) in [5.41, 5.74) is 0.555. The van der Waals surface area contributed by atoms with E-state index in [1.165, 1.54) is 21.3 Å². The number of ether oxygens (including phenoxy) is 3. The van der Waals surface area contributed by atoms with Crippen molar-refractivity contribution in [3.05, 3.63) is 12.1 Å². The maximum absolute atomic E-state index is 12.6. The molecule has 0 bridgehead atoms. The molecule has 1 aromatic rings. The van der Waals surface area contributed by atoms with Crippen LogP contribution in [0.15, 0.2) is 12.1 Å². The fourth-order valence-electron chi connectivity index (χ4n) is 3.61. The van der Waals surface area contributed by atoms with Gasteiger partial charge >= 0.3 is 0 Å². The van der Waals surface area contributed by atoms with Gasteiger partial charge in [0.15, 0.2) is 11.5 Å². The number of methoxy groups -OCH3 is 3. The van der Waals surface area contributed by atoms with Gasteiger partial charge in [0.2, 0.25) is 17.6 Å². The van der Waals surface area contributed by atoms with Gasteiger partial charge in [-0.05, 0) is 25.2 Å². The first-order valence-electron chi connectivity index (χ1n) is 9.38. The molecule has 1 heterocycles. The maximum atomic E-state index is 12.6. The number of piperidine rings is 1. The number of nitrogens with one attached hydrogen (secondary N) is 1. The number of rotatable bonds is 6. The predicted molar refractivity (Wildman–Crippen MR) is 101 cm³/mol. The molecule has 7 nitrogen and oxygen atoms in total. The Morgan fingerprint density at radius 2 is 1.59 bits per heavy atom. The highest BCUT2D eigenvalue weighted by molar-refractivity contribution is 5.99. The van der Waals surface area contributed by atoms with Crippen molar-refractivity contribution in [1.82, 2.24) is 4.90 Å². The van der Waals surface area contributed by atoms with Crippen LogP contribution in [0.5, 0.6) is 17.2 Å². The van der Waals surface area contributed by atoms with Crippen LogP contribution in [0.25, 0.3) is 0 Å². The first kappa shape index (κ1) is 19.3. The lowest BCUT2D eigenvalue weighted by Gasteiger charge is -2.30. The SMILES string of the molecule is COc1cc(NC(=O)C2CC2C(=O)N2CCC(C)CC2)cc(OC)c1OC. The van der Waals surface area contributed by atoms with Gasteiger partial charge in [-0.1, -0.05) is 6.92 Å². The highest BCUT2D eigenvalue weighted by Gasteiger charge is 2.49. The van der Waals surface area contributed by atoms with Crippen LogP contribution < -0.4 is 19.5 Å². The average Bonchev–Trinajstić information content (AvgIpc) is 3.48. The van der Waals surface area contributed by atoms with Gasteiger partial charge in [-0.2, -0.15) is 0 Å². The first-order chi connectivity index (χ1) is 13.0. The van der Waals surface area contributed by atoms with Crippen LogP contribution in [-0.2, 0) is 9.59 Å². The van der Waals surface area contributed by atoms with Gasteiger partial charge in [0.25, 0.3) is 0 Å². The number of hydrogen-bond acceptors (Lipinski definition) is 5. The number of benzene rings is 1. The Bertz CT molecular complexity index is 687. The van der Waals surface area contributed by atoms with Crippen LogP contribution in [0.4, 0.5) is 5.69 Å². The molecule has 1 saturated heterocycles. The molecule has 148 valence electrons. The first-order valence-corrected chi connectivity index (χ1v) is 9.38. The Hall–Kier alpha value is -2.44. The van der Waals surface area contributed by atoms with Gasteiger partial charge in [0.1, 0.15) is 0 Å². The lowest BCUT2D eigenvalue weighted by Crippen LogP contribution is -2.39. The molecule has 2 aliphatic rings. The van der Waals surface area contributed by atoms with Crippen LogP contribution in [0, 0.1) is 17.8 Å². The molecule has 2 atom stereocenters. The number of likely N-dealkylation sites (tertiary alicyclic amines) is 1. The highest BCUT2D eigenvalue weighted by atomic mass is 16.5. The average molecular weight is 376 g/mol. The van der Waals surface area contributed by atoms with Gasteiger partial charge in [-0.25, -0.2) is 0 Å². The van der Waals surface area contributed by atoms with Crippen molar-refractivity contribution in [2.45, 2.75) is 26.2 Å². The van der Waals surface area contributed by atoms with Crippen molar-refractivity contribution >= 4 is 17.5 Å². The van der Waals surface area contributed by atoms with E-state index in [4.69, 9.17) is 14.2 Å². The van der Waals surface area contributed by atoms with E-state index in [9.17, 15) is 9.59 Å². The van der Waals surface area contributed by atoms with Crippen LogP contribution in [0.2, 0.25) is 0 Å². The molecule has 3 rings (SSSR count). The molecular formula is C20H28N2O5. The molecule has 1 saturated carbocycles. The number of amides is 2. The van der Waals surface area contributed by atoms with E-state index in [2.05, 4.69) is 12.2 Å². The summed E-state index contributed by atoms with van der Waals surface area (Å²) in [5, 5.41) is 2.87. The van der Waals surface area contributed by atoms with Crippen molar-refractivity contribution in [1.29, 1.82) is 0 Å². The lowest BCUT2D eigenvalue weighted by atomic mass is 9.99. The van der Waals surface area contributed by atoms with Crippen molar-refractivity contribution in [2.24, 2.45) is 17.8 Å². The van der Waals surface area contributed by atoms with Gasteiger partial charge in [-0.15, -0.1) is 0 Å². The Kier molecular flexibility index (Phi) is 5.77. The fourth-order valence-corrected chi connectivity index (χ4v) is 3.61. The summed E-state index contributed by atoms with van der Waals surface area (Å²) in [4.78, 5) is 27.1. The molecule has 7 heteroatoms. The van der Waals surface area contributed by atoms with E-state index in [0.29, 0.717) is 35.3 Å². The third kappa shape index (κ3) is 4.12. The van der Waals surface area contributed by atoms with Crippen LogP contribution in [0.1, 0.15) is 26.2 Å². The zero-order valence-electron chi connectivity index (χ0n) is 16.4. The van der Waals surface area contributed by atoms with E-state index >= 15 is 0 Å². The zero-order chi connectivity index (χ0) is 19.6. The van der Waals surface area contributed by atoms with Gasteiger partial charge < -0.3 is 24.4 Å². The summed E-state index contributed by atoms with van der Waals surface area (Å²) < 4.78 is 15.9. The molecule has 27 heavy (non-hydrogen) atoms. The molecular weight excluding hydrogens is 348 g/mol. The van der Waals surface area contributed by atoms with Crippen LogP contribution in [-0.4, -0.2) is 51.1 Å². The topological polar surface area (TPSA) is 77.1 Å². The summed E-state index contributed by atoms with van der Waals surface area (Å²) in [5.74, 6) is 1.59. The minimum Gasteiger partial charge on any atom is -0.493 e. The molecule has 0 radical (unpaired) electrons. The third-order valence-electron chi connectivity index (χ3n) is 5.47. The van der Waals surface area contributed by atoms with E-state index in [1.54, 1.807) is 12.1 Å². The molecule has 1 aliphatic heterocycles. The second-order valence-corrected chi connectivity index (χ2v) is 7.36. The van der Waals surface area contributed by atoms with Crippen LogP contribution >= 0.6 is 0 Å². The van der Waals surface area contributed by atoms with Crippen LogP contribution in [0.3, 0.4) is 0 Å². The second kappa shape index (κ2) is 8.06. The summed E-state index contributed by atoms with van der Waals surface area (Å²) in [6.45, 7) is 3.82. The molecule has 2 amide bonds. The van der Waals surface area contributed by atoms with E-state index in [0.717, 1.165) is 25.9 Å². The van der Waals surface area contributed by atoms with E-state index in [1.807, 2.05) is 4.90 Å². The van der Waals surface area contributed by atoms with Crippen molar-refractivity contribution in [3.63, 3.8) is 0 Å². The zero-order valence-corrected chi connectivity index (χ0v) is 16.4. The molecule has 0 spiro atoms. The van der Waals surface area contributed by atoms with E-state index < -0.39 is 0 Å². The Balaban J connectivity index is 1.62. The van der Waals surface area contributed by atoms with Crippen molar-refractivity contribution < 1.29 is 23.8 Å². The number of hydrogen-bond donors (Lipinski definition) is 1. The molecule has 1 aromatic carbocycles. The number of nitrogens with zero attached hydrogens (tertiary/aromatic N) is 1. The quantitative estimate of drug-likeness (QED) is 0.826. The van der Waals surface area contributed by atoms with Crippen molar-refractivity contribution in [3.8, 4) is 17.2 Å². The number of carbonyl (C=O) groups is 2. The number of carbonyl (C=O) groups excluding carboxylic acids is 2. The monoisotopic (exact) mass is 376 g/mol. The maximum Gasteiger partial charge on any atom is 0.228 e. The summed E-state index contributed by atoms with van der Waals surface area (Å²) >= 11 is 0. The molecule has 2 unspecified atom stereocenters. The largest absolute Gasteiger partial charge is 0.493 e. The Morgan fingerprint density at radius 1 is 1.00 bits per heavy atom. The summed E-state index contributed by atoms with van der Waals surface area (Å²) in [6, 6.07) is 3.37. The second-order valence-electron chi connectivity index (χ2n) is 7.36. The normalized spacial score (nSPS) is 22.1. The van der Waals surface area contributed by atoms with E-state index in [-0.39, 0.29) is 23.7 Å². The summed E-state index contributed by atoms with van der Waals surface area (Å²) in [6.07, 6.45) is 2.70. The molecule has 1 N–H and O–H groups in total. The fraction of sp³-hybridized carbons (Fsp3) is 0.600. The number of anilines is 1. The Morgan fingerprint density at radius 3 is 2.11 bits per heavy atom. The molecule has 0 aromatic heterocycles. The lowest BCUT2D eigenvalue weighted by molar-refractivity contribution is -0.135. The standard InChI is InChI=1S/C20H28N2O5/c1-12-5-7-22(8-6-12)20(24)15-11-14(15)19(23)21-13-9-16(25-2)18(27-4)17(10-13)26-3/h9-10,12,14-15H,5-8,11H2,1-4H3,(H,21,23). The van der Waals surface area contributed by atoms with Gasteiger partial charge in [0, 0.05) is 30.9 Å². The van der Waals surface area contributed by atoms with Gasteiger partial charge in [0.05, 0.1) is 33.2 Å². The van der Waals surface area contributed by atoms with Gasteiger partial charge in [-0.3, -0.25) is 9.59 Å². The predicted octanol–water partition coefficient (Wildman–Crippen LogP) is 2.55. The Labute approximate surface area is 160 Å². The minimum absolute atomic E-state index is 0.118. The smallest absolute Gasteiger partial charge is 0.228 e.